The predicted octanol–water partition coefficient (Wildman–Crippen LogP) is 2.77. The van der Waals surface area contributed by atoms with E-state index in [1.54, 1.807) is 17.4 Å². The molecule has 18 heavy (non-hydrogen) atoms. The van der Waals surface area contributed by atoms with Gasteiger partial charge in [0.1, 0.15) is 11.9 Å². The van der Waals surface area contributed by atoms with Gasteiger partial charge in [0.15, 0.2) is 0 Å². The fraction of sp³-hybridized carbons (Fsp3) is 0.231. The Balaban J connectivity index is 2.09. The van der Waals surface area contributed by atoms with Crippen molar-refractivity contribution in [3.05, 3.63) is 39.7 Å². The lowest BCUT2D eigenvalue weighted by molar-refractivity contribution is 1.07. The van der Waals surface area contributed by atoms with Gasteiger partial charge < -0.3 is 11.1 Å². The quantitative estimate of drug-likeness (QED) is 0.884. The van der Waals surface area contributed by atoms with Crippen LogP contribution in [0.25, 0.3) is 0 Å². The summed E-state index contributed by atoms with van der Waals surface area (Å²) in [4.78, 5) is 5.44. The van der Waals surface area contributed by atoms with E-state index in [-0.39, 0.29) is 0 Å². The number of nitrogens with zero attached hydrogens (tertiary/aromatic N) is 2. The molecular weight excluding hydrogens is 244 g/mol. The van der Waals surface area contributed by atoms with Crippen LogP contribution in [0.5, 0.6) is 0 Å². The molecule has 2 heterocycles. The minimum absolute atomic E-state index is 0.475. The summed E-state index contributed by atoms with van der Waals surface area (Å²) >= 11 is 1.72. The van der Waals surface area contributed by atoms with Crippen LogP contribution in [0.1, 0.15) is 22.9 Å². The highest BCUT2D eigenvalue weighted by Crippen LogP contribution is 2.21. The first-order chi connectivity index (χ1) is 8.74. The summed E-state index contributed by atoms with van der Waals surface area (Å²) in [7, 11) is 0. The third kappa shape index (κ3) is 2.60. The first-order valence-electron chi connectivity index (χ1n) is 5.69. The Morgan fingerprint density at radius 3 is 3.06 bits per heavy atom. The normalized spacial score (nSPS) is 10.0. The summed E-state index contributed by atoms with van der Waals surface area (Å²) in [5.74, 6) is 0.629. The summed E-state index contributed by atoms with van der Waals surface area (Å²) in [6, 6.07) is 5.78. The Kier molecular flexibility index (Phi) is 3.80. The number of hydrogen-bond acceptors (Lipinski definition) is 5. The SMILES string of the molecule is CCc1ccsc1CNc1ncc(C#N)cc1N. The van der Waals surface area contributed by atoms with Gasteiger partial charge in [-0.1, -0.05) is 6.92 Å². The lowest BCUT2D eigenvalue weighted by Crippen LogP contribution is -2.05. The van der Waals surface area contributed by atoms with Gasteiger partial charge in [0, 0.05) is 11.1 Å². The summed E-state index contributed by atoms with van der Waals surface area (Å²) in [6.45, 7) is 2.85. The fourth-order valence-electron chi connectivity index (χ4n) is 1.69. The molecule has 92 valence electrons. The average molecular weight is 258 g/mol. The van der Waals surface area contributed by atoms with Crippen molar-refractivity contribution < 1.29 is 0 Å². The molecule has 0 amide bonds. The molecule has 2 aromatic rings. The van der Waals surface area contributed by atoms with Gasteiger partial charge in [-0.05, 0) is 29.5 Å². The number of pyridine rings is 1. The minimum atomic E-state index is 0.475. The van der Waals surface area contributed by atoms with E-state index in [9.17, 15) is 0 Å². The van der Waals surface area contributed by atoms with Crippen LogP contribution in [-0.2, 0) is 13.0 Å². The van der Waals surface area contributed by atoms with Gasteiger partial charge in [0.25, 0.3) is 0 Å². The average Bonchev–Trinajstić information content (AvgIpc) is 2.84. The van der Waals surface area contributed by atoms with Crippen molar-refractivity contribution in [2.45, 2.75) is 19.9 Å². The minimum Gasteiger partial charge on any atom is -0.396 e. The van der Waals surface area contributed by atoms with E-state index in [4.69, 9.17) is 11.0 Å². The van der Waals surface area contributed by atoms with E-state index in [0.29, 0.717) is 23.6 Å². The number of nitriles is 1. The molecule has 0 aliphatic heterocycles. The molecule has 0 fully saturated rings. The molecule has 0 spiro atoms. The van der Waals surface area contributed by atoms with Crippen LogP contribution in [-0.4, -0.2) is 4.98 Å². The van der Waals surface area contributed by atoms with Crippen molar-refractivity contribution in [1.29, 1.82) is 5.26 Å². The Morgan fingerprint density at radius 1 is 1.56 bits per heavy atom. The summed E-state index contributed by atoms with van der Waals surface area (Å²) in [5.41, 5.74) is 8.16. The first-order valence-corrected chi connectivity index (χ1v) is 6.57. The number of hydrogen-bond donors (Lipinski definition) is 2. The summed E-state index contributed by atoms with van der Waals surface area (Å²) < 4.78 is 0. The zero-order valence-corrected chi connectivity index (χ0v) is 10.9. The standard InChI is InChI=1S/C13H14N4S/c1-2-10-3-4-18-12(10)8-17-13-11(15)5-9(6-14)7-16-13/h3-5,7H,2,8,15H2,1H3,(H,16,17). The first kappa shape index (κ1) is 12.4. The van der Waals surface area contributed by atoms with Gasteiger partial charge >= 0.3 is 0 Å². The molecule has 2 aromatic heterocycles. The van der Waals surface area contributed by atoms with Crippen LogP contribution in [0, 0.1) is 11.3 Å². The number of anilines is 2. The van der Waals surface area contributed by atoms with Crippen molar-refractivity contribution in [3.8, 4) is 6.07 Å². The number of aromatic nitrogens is 1. The van der Waals surface area contributed by atoms with Crippen LogP contribution in [0.15, 0.2) is 23.7 Å². The molecule has 0 saturated heterocycles. The lowest BCUT2D eigenvalue weighted by atomic mass is 10.2. The molecule has 0 unspecified atom stereocenters. The second-order valence-electron chi connectivity index (χ2n) is 3.85. The number of nitrogen functional groups attached to an aromatic ring is 1. The van der Waals surface area contributed by atoms with Crippen molar-refractivity contribution in [1.82, 2.24) is 4.98 Å². The molecule has 5 heteroatoms. The molecule has 0 aliphatic rings. The van der Waals surface area contributed by atoms with Gasteiger partial charge in [-0.25, -0.2) is 4.98 Å². The third-order valence-electron chi connectivity index (χ3n) is 2.68. The topological polar surface area (TPSA) is 74.7 Å². The van der Waals surface area contributed by atoms with Gasteiger partial charge in [-0.15, -0.1) is 11.3 Å². The van der Waals surface area contributed by atoms with Crippen molar-refractivity contribution in [3.63, 3.8) is 0 Å². The van der Waals surface area contributed by atoms with Gasteiger partial charge in [0.05, 0.1) is 17.8 Å². The maximum Gasteiger partial charge on any atom is 0.149 e. The van der Waals surface area contributed by atoms with E-state index in [1.165, 1.54) is 16.6 Å². The number of thiophene rings is 1. The van der Waals surface area contributed by atoms with Crippen LogP contribution >= 0.6 is 11.3 Å². The maximum atomic E-state index is 8.74. The molecule has 0 saturated carbocycles. The smallest absolute Gasteiger partial charge is 0.149 e. The molecular formula is C13H14N4S. The number of nitrogens with one attached hydrogen (secondary N) is 1. The molecule has 4 nitrogen and oxygen atoms in total. The Bertz CT molecular complexity index is 583. The van der Waals surface area contributed by atoms with Gasteiger partial charge in [-0.3, -0.25) is 0 Å². The van der Waals surface area contributed by atoms with E-state index in [0.717, 1.165) is 6.42 Å². The van der Waals surface area contributed by atoms with Gasteiger partial charge in [-0.2, -0.15) is 5.26 Å². The molecule has 2 rings (SSSR count). The van der Waals surface area contributed by atoms with Crippen LogP contribution in [0.3, 0.4) is 0 Å². The highest BCUT2D eigenvalue weighted by atomic mass is 32.1. The number of nitrogens with two attached hydrogens (primary N) is 1. The number of rotatable bonds is 4. The van der Waals surface area contributed by atoms with Crippen molar-refractivity contribution in [2.75, 3.05) is 11.1 Å². The molecule has 0 bridgehead atoms. The molecule has 3 N–H and O–H groups in total. The van der Waals surface area contributed by atoms with Crippen molar-refractivity contribution >= 4 is 22.8 Å². The van der Waals surface area contributed by atoms with E-state index in [2.05, 4.69) is 28.7 Å². The molecule has 0 aliphatic carbocycles. The number of aryl methyl sites for hydroxylation is 1. The van der Waals surface area contributed by atoms with E-state index < -0.39 is 0 Å². The largest absolute Gasteiger partial charge is 0.396 e. The monoisotopic (exact) mass is 258 g/mol. The highest BCUT2D eigenvalue weighted by molar-refractivity contribution is 7.10. The maximum absolute atomic E-state index is 8.74. The highest BCUT2D eigenvalue weighted by Gasteiger charge is 2.05. The zero-order chi connectivity index (χ0) is 13.0. The van der Waals surface area contributed by atoms with Gasteiger partial charge in [0.2, 0.25) is 0 Å². The predicted molar refractivity (Wildman–Crippen MR) is 74.4 cm³/mol. The lowest BCUT2D eigenvalue weighted by Gasteiger charge is -2.08. The van der Waals surface area contributed by atoms with Crippen LogP contribution < -0.4 is 11.1 Å². The van der Waals surface area contributed by atoms with Crippen molar-refractivity contribution in [2.24, 2.45) is 0 Å². The van der Waals surface area contributed by atoms with E-state index >= 15 is 0 Å². The Hall–Kier alpha value is -2.06. The van der Waals surface area contributed by atoms with E-state index in [1.807, 2.05) is 6.07 Å². The Morgan fingerprint density at radius 2 is 2.39 bits per heavy atom. The van der Waals surface area contributed by atoms with Crippen LogP contribution in [0.4, 0.5) is 11.5 Å². The summed E-state index contributed by atoms with van der Waals surface area (Å²) in [6.07, 6.45) is 2.55. The Labute approximate surface area is 110 Å². The molecule has 0 aromatic carbocycles. The second-order valence-corrected chi connectivity index (χ2v) is 4.85. The molecule has 0 atom stereocenters. The third-order valence-corrected chi connectivity index (χ3v) is 3.64. The second kappa shape index (κ2) is 5.52. The summed E-state index contributed by atoms with van der Waals surface area (Å²) in [5, 5.41) is 14.0. The molecule has 0 radical (unpaired) electrons. The van der Waals surface area contributed by atoms with Crippen LogP contribution in [0.2, 0.25) is 0 Å². The zero-order valence-electron chi connectivity index (χ0n) is 10.1. The fourth-order valence-corrected chi connectivity index (χ4v) is 2.61.